The number of hydrogen-bond acceptors (Lipinski definition) is 4. The Morgan fingerprint density at radius 2 is 2.00 bits per heavy atom. The van der Waals surface area contributed by atoms with Gasteiger partial charge < -0.3 is 15.2 Å². The summed E-state index contributed by atoms with van der Waals surface area (Å²) < 4.78 is 0. The Bertz CT molecular complexity index is 800. The molecule has 0 aromatic carbocycles. The van der Waals surface area contributed by atoms with Crippen LogP contribution in [0.5, 0.6) is 0 Å². The summed E-state index contributed by atoms with van der Waals surface area (Å²) in [5.74, 6) is 1.10. The molecule has 1 saturated heterocycles. The lowest BCUT2D eigenvalue weighted by Crippen LogP contribution is -2.18. The number of aromatic nitrogens is 3. The first-order valence-corrected chi connectivity index (χ1v) is 8.18. The molecule has 0 amide bonds. The molecule has 2 N–H and O–H groups in total. The number of pyridine rings is 2. The van der Waals surface area contributed by atoms with Crippen LogP contribution in [0.3, 0.4) is 0 Å². The summed E-state index contributed by atoms with van der Waals surface area (Å²) >= 11 is 0. The van der Waals surface area contributed by atoms with Crippen LogP contribution < -0.4 is 10.2 Å². The van der Waals surface area contributed by atoms with Crippen molar-refractivity contribution in [2.45, 2.75) is 26.3 Å². The highest BCUT2D eigenvalue weighted by molar-refractivity contribution is 5.83. The zero-order chi connectivity index (χ0) is 15.6. The van der Waals surface area contributed by atoms with Crippen molar-refractivity contribution >= 4 is 22.5 Å². The fourth-order valence-electron chi connectivity index (χ4n) is 3.17. The average molecular weight is 307 g/mol. The van der Waals surface area contributed by atoms with Gasteiger partial charge in [0.25, 0.3) is 0 Å². The quantitative estimate of drug-likeness (QED) is 0.775. The van der Waals surface area contributed by atoms with E-state index < -0.39 is 0 Å². The maximum Gasteiger partial charge on any atom is 0.137 e. The number of hydrogen-bond donors (Lipinski definition) is 2. The third kappa shape index (κ3) is 2.74. The van der Waals surface area contributed by atoms with Crippen LogP contribution in [-0.2, 0) is 6.54 Å². The SMILES string of the molecule is Cc1c(NCc2ccc(N3CCCC3)nc2)cnc2[nH]ccc12. The number of nitrogens with one attached hydrogen (secondary N) is 2. The van der Waals surface area contributed by atoms with Crippen molar-refractivity contribution in [1.82, 2.24) is 15.0 Å². The number of aromatic amines is 1. The summed E-state index contributed by atoms with van der Waals surface area (Å²) in [5, 5.41) is 4.63. The Balaban J connectivity index is 1.46. The highest BCUT2D eigenvalue weighted by Gasteiger charge is 2.13. The molecule has 0 aliphatic carbocycles. The first-order valence-electron chi connectivity index (χ1n) is 8.18. The molecule has 0 radical (unpaired) electrons. The Kier molecular flexibility index (Phi) is 3.61. The predicted molar refractivity (Wildman–Crippen MR) is 93.8 cm³/mol. The zero-order valence-electron chi connectivity index (χ0n) is 13.3. The topological polar surface area (TPSA) is 56.8 Å². The molecule has 23 heavy (non-hydrogen) atoms. The zero-order valence-corrected chi connectivity index (χ0v) is 13.3. The lowest BCUT2D eigenvalue weighted by atomic mass is 10.1. The van der Waals surface area contributed by atoms with Crippen molar-refractivity contribution in [3.8, 4) is 0 Å². The van der Waals surface area contributed by atoms with E-state index >= 15 is 0 Å². The van der Waals surface area contributed by atoms with Crippen LogP contribution in [0.1, 0.15) is 24.0 Å². The van der Waals surface area contributed by atoms with Gasteiger partial charge in [0.15, 0.2) is 0 Å². The minimum Gasteiger partial charge on any atom is -0.379 e. The minimum atomic E-state index is 0.756. The Labute approximate surface area is 135 Å². The number of rotatable bonds is 4. The second kappa shape index (κ2) is 5.91. The molecule has 3 aromatic rings. The summed E-state index contributed by atoms with van der Waals surface area (Å²) in [6, 6.07) is 6.35. The lowest BCUT2D eigenvalue weighted by molar-refractivity contribution is 0.932. The fourth-order valence-corrected chi connectivity index (χ4v) is 3.17. The van der Waals surface area contributed by atoms with Crippen LogP contribution in [0.2, 0.25) is 0 Å². The molecule has 0 atom stereocenters. The van der Waals surface area contributed by atoms with Gasteiger partial charge in [-0.05, 0) is 43.0 Å². The molecule has 1 aliphatic rings. The second-order valence-corrected chi connectivity index (χ2v) is 6.11. The van der Waals surface area contributed by atoms with Crippen molar-refractivity contribution in [3.63, 3.8) is 0 Å². The first-order chi connectivity index (χ1) is 11.3. The average Bonchev–Trinajstić information content (AvgIpc) is 3.27. The van der Waals surface area contributed by atoms with Gasteiger partial charge in [0.05, 0.1) is 11.9 Å². The number of nitrogens with zero attached hydrogens (tertiary/aromatic N) is 3. The normalized spacial score (nSPS) is 14.6. The highest BCUT2D eigenvalue weighted by Crippen LogP contribution is 2.23. The van der Waals surface area contributed by atoms with Crippen molar-refractivity contribution in [3.05, 3.63) is 47.9 Å². The van der Waals surface area contributed by atoms with Gasteiger partial charge in [-0.25, -0.2) is 9.97 Å². The summed E-state index contributed by atoms with van der Waals surface area (Å²) in [6.45, 7) is 5.14. The monoisotopic (exact) mass is 307 g/mol. The van der Waals surface area contributed by atoms with Crippen LogP contribution in [-0.4, -0.2) is 28.0 Å². The Morgan fingerprint density at radius 1 is 1.13 bits per heavy atom. The summed E-state index contributed by atoms with van der Waals surface area (Å²) in [5.41, 5.74) is 4.41. The third-order valence-electron chi connectivity index (χ3n) is 4.58. The maximum absolute atomic E-state index is 4.60. The van der Waals surface area contributed by atoms with Gasteiger partial charge in [-0.1, -0.05) is 6.07 Å². The van der Waals surface area contributed by atoms with Crippen molar-refractivity contribution in [2.75, 3.05) is 23.3 Å². The molecular formula is C18H21N5. The van der Waals surface area contributed by atoms with Crippen LogP contribution >= 0.6 is 0 Å². The molecule has 0 unspecified atom stereocenters. The van der Waals surface area contributed by atoms with Gasteiger partial charge in [0.1, 0.15) is 11.5 Å². The molecule has 1 aliphatic heterocycles. The minimum absolute atomic E-state index is 0.756. The van der Waals surface area contributed by atoms with Gasteiger partial charge in [0, 0.05) is 37.4 Å². The van der Waals surface area contributed by atoms with Crippen molar-refractivity contribution < 1.29 is 0 Å². The van der Waals surface area contributed by atoms with Crippen molar-refractivity contribution in [1.29, 1.82) is 0 Å². The van der Waals surface area contributed by atoms with Crippen LogP contribution in [0.25, 0.3) is 11.0 Å². The molecule has 5 heteroatoms. The van der Waals surface area contributed by atoms with Crippen LogP contribution in [0.4, 0.5) is 11.5 Å². The first kappa shape index (κ1) is 14.1. The molecule has 0 spiro atoms. The van der Waals surface area contributed by atoms with Gasteiger partial charge in [-0.15, -0.1) is 0 Å². The van der Waals surface area contributed by atoms with E-state index in [0.717, 1.165) is 42.2 Å². The third-order valence-corrected chi connectivity index (χ3v) is 4.58. The number of anilines is 2. The summed E-state index contributed by atoms with van der Waals surface area (Å²) in [7, 11) is 0. The molecule has 0 bridgehead atoms. The Morgan fingerprint density at radius 3 is 2.78 bits per heavy atom. The van der Waals surface area contributed by atoms with Gasteiger partial charge >= 0.3 is 0 Å². The molecule has 118 valence electrons. The Hall–Kier alpha value is -2.56. The van der Waals surface area contributed by atoms with Gasteiger partial charge in [-0.2, -0.15) is 0 Å². The van der Waals surface area contributed by atoms with Crippen molar-refractivity contribution in [2.24, 2.45) is 0 Å². The van der Waals surface area contributed by atoms with E-state index in [1.807, 2.05) is 18.6 Å². The van der Waals surface area contributed by atoms with Crippen LogP contribution in [0.15, 0.2) is 36.8 Å². The summed E-state index contributed by atoms with van der Waals surface area (Å²) in [6.07, 6.45) is 8.34. The smallest absolute Gasteiger partial charge is 0.137 e. The summed E-state index contributed by atoms with van der Waals surface area (Å²) in [4.78, 5) is 14.5. The van der Waals surface area contributed by atoms with E-state index in [1.54, 1.807) is 0 Å². The molecule has 0 saturated carbocycles. The number of fused-ring (bicyclic) bond motifs is 1. The van der Waals surface area contributed by atoms with E-state index in [9.17, 15) is 0 Å². The molecule has 4 rings (SSSR count). The number of H-pyrrole nitrogens is 1. The van der Waals surface area contributed by atoms with Crippen LogP contribution in [0, 0.1) is 6.92 Å². The van der Waals surface area contributed by atoms with E-state index in [4.69, 9.17) is 0 Å². The fraction of sp³-hybridized carbons (Fsp3) is 0.333. The predicted octanol–water partition coefficient (Wildman–Crippen LogP) is 3.48. The van der Waals surface area contributed by atoms with Gasteiger partial charge in [-0.3, -0.25) is 0 Å². The largest absolute Gasteiger partial charge is 0.379 e. The van der Waals surface area contributed by atoms with E-state index in [2.05, 4.69) is 50.3 Å². The highest BCUT2D eigenvalue weighted by atomic mass is 15.2. The van der Waals surface area contributed by atoms with E-state index in [0.29, 0.717) is 0 Å². The molecule has 3 aromatic heterocycles. The second-order valence-electron chi connectivity index (χ2n) is 6.11. The standard InChI is InChI=1S/C18H21N5/c1-13-15-6-7-19-18(15)22-12-16(13)20-10-14-4-5-17(21-11-14)23-8-2-3-9-23/h4-7,11-12,20H,2-3,8-10H2,1H3,(H,19,22). The van der Waals surface area contributed by atoms with E-state index in [1.165, 1.54) is 24.0 Å². The lowest BCUT2D eigenvalue weighted by Gasteiger charge is -2.16. The van der Waals surface area contributed by atoms with E-state index in [-0.39, 0.29) is 0 Å². The molecule has 4 heterocycles. The number of aryl methyl sites for hydroxylation is 1. The molecular weight excluding hydrogens is 286 g/mol. The maximum atomic E-state index is 4.60. The van der Waals surface area contributed by atoms with Gasteiger partial charge in [0.2, 0.25) is 0 Å². The molecule has 1 fully saturated rings. The molecule has 5 nitrogen and oxygen atoms in total.